The third-order valence-electron chi connectivity index (χ3n) is 5.13. The van der Waals surface area contributed by atoms with Crippen molar-refractivity contribution >= 4 is 33.1 Å². The van der Waals surface area contributed by atoms with Crippen molar-refractivity contribution in [1.82, 2.24) is 4.90 Å². The zero-order valence-electron chi connectivity index (χ0n) is 15.0. The number of carbonyl (C=O) groups is 2. The van der Waals surface area contributed by atoms with Gasteiger partial charge >= 0.3 is 5.97 Å². The Hall–Kier alpha value is -1.41. The number of amides is 1. The van der Waals surface area contributed by atoms with E-state index in [-0.39, 0.29) is 36.1 Å². The lowest BCUT2D eigenvalue weighted by Crippen LogP contribution is -2.50. The lowest BCUT2D eigenvalue weighted by atomic mass is 9.93. The van der Waals surface area contributed by atoms with Crippen LogP contribution in [-0.4, -0.2) is 55.4 Å². The highest BCUT2D eigenvalue weighted by Crippen LogP contribution is 2.28. The number of ether oxygens (including phenoxy) is 1. The Labute approximate surface area is 158 Å². The van der Waals surface area contributed by atoms with E-state index in [4.69, 9.17) is 4.74 Å². The van der Waals surface area contributed by atoms with Crippen LogP contribution >= 0.6 is 11.3 Å². The molecule has 8 heteroatoms. The van der Waals surface area contributed by atoms with Gasteiger partial charge in [0.05, 0.1) is 11.5 Å². The van der Waals surface area contributed by atoms with Crippen molar-refractivity contribution in [2.24, 2.45) is 0 Å². The second kappa shape index (κ2) is 8.08. The van der Waals surface area contributed by atoms with Gasteiger partial charge in [-0.05, 0) is 38.3 Å². The number of carbonyl (C=O) groups excluding carboxylic acids is 2. The minimum absolute atomic E-state index is 0.0211. The Morgan fingerprint density at radius 1 is 1.15 bits per heavy atom. The molecular formula is C18H25NO5S2. The summed E-state index contributed by atoms with van der Waals surface area (Å²) in [5.74, 6) is -0.629. The van der Waals surface area contributed by atoms with E-state index in [0.717, 1.165) is 37.0 Å². The zero-order valence-corrected chi connectivity index (χ0v) is 16.6. The summed E-state index contributed by atoms with van der Waals surface area (Å²) in [4.78, 5) is 28.1. The van der Waals surface area contributed by atoms with Gasteiger partial charge in [0.15, 0.2) is 16.4 Å². The van der Waals surface area contributed by atoms with Crippen LogP contribution < -0.4 is 0 Å². The molecule has 1 amide bonds. The molecule has 1 aliphatic carbocycles. The van der Waals surface area contributed by atoms with Crippen LogP contribution in [0, 0.1) is 6.92 Å². The number of esters is 1. The van der Waals surface area contributed by atoms with Crippen molar-refractivity contribution in [3.05, 3.63) is 21.9 Å². The number of rotatable bonds is 5. The number of thiophene rings is 1. The SMILES string of the molecule is Cc1ccc(C(=O)OCC(=O)N(C2CCCCC2)C2CCS(=O)(=O)C2)s1. The maximum Gasteiger partial charge on any atom is 0.348 e. The summed E-state index contributed by atoms with van der Waals surface area (Å²) in [6.45, 7) is 1.57. The fourth-order valence-electron chi connectivity index (χ4n) is 3.88. The van der Waals surface area contributed by atoms with Crippen LogP contribution in [0.2, 0.25) is 0 Å². The first-order valence-electron chi connectivity index (χ1n) is 9.11. The zero-order chi connectivity index (χ0) is 18.7. The lowest BCUT2D eigenvalue weighted by molar-refractivity contribution is -0.139. The van der Waals surface area contributed by atoms with E-state index in [1.165, 1.54) is 11.3 Å². The molecule has 0 radical (unpaired) electrons. The average Bonchev–Trinajstić information content (AvgIpc) is 3.19. The van der Waals surface area contributed by atoms with Crippen LogP contribution in [-0.2, 0) is 19.4 Å². The summed E-state index contributed by atoms with van der Waals surface area (Å²) in [7, 11) is -3.08. The number of aryl methyl sites for hydroxylation is 1. The Bertz CT molecular complexity index is 764. The molecule has 1 saturated carbocycles. The van der Waals surface area contributed by atoms with Gasteiger partial charge in [-0.3, -0.25) is 4.79 Å². The van der Waals surface area contributed by atoms with Gasteiger partial charge in [-0.15, -0.1) is 11.3 Å². The highest BCUT2D eigenvalue weighted by atomic mass is 32.2. The molecule has 2 fully saturated rings. The number of hydrogen-bond donors (Lipinski definition) is 0. The van der Waals surface area contributed by atoms with Crippen molar-refractivity contribution in [2.45, 2.75) is 57.5 Å². The molecule has 6 nitrogen and oxygen atoms in total. The Morgan fingerprint density at radius 3 is 2.46 bits per heavy atom. The van der Waals surface area contributed by atoms with Gasteiger partial charge in [0, 0.05) is 17.0 Å². The molecule has 1 atom stereocenters. The van der Waals surface area contributed by atoms with E-state index >= 15 is 0 Å². The monoisotopic (exact) mass is 399 g/mol. The minimum Gasteiger partial charge on any atom is -0.451 e. The van der Waals surface area contributed by atoms with Crippen molar-refractivity contribution in [1.29, 1.82) is 0 Å². The van der Waals surface area contributed by atoms with E-state index in [9.17, 15) is 18.0 Å². The number of hydrogen-bond acceptors (Lipinski definition) is 6. The molecule has 2 aliphatic rings. The van der Waals surface area contributed by atoms with Crippen LogP contribution in [0.3, 0.4) is 0 Å². The Kier molecular flexibility index (Phi) is 6.02. The van der Waals surface area contributed by atoms with Crippen LogP contribution in [0.25, 0.3) is 0 Å². The van der Waals surface area contributed by atoms with E-state index in [2.05, 4.69) is 0 Å². The normalized spacial score (nSPS) is 22.9. The van der Waals surface area contributed by atoms with Gasteiger partial charge in [0.1, 0.15) is 4.88 Å². The summed E-state index contributed by atoms with van der Waals surface area (Å²) in [6, 6.07) is 3.28. The molecule has 0 N–H and O–H groups in total. The molecule has 0 aromatic carbocycles. The van der Waals surface area contributed by atoms with Crippen LogP contribution in [0.15, 0.2) is 12.1 Å². The van der Waals surface area contributed by atoms with E-state index in [0.29, 0.717) is 11.3 Å². The molecule has 1 aliphatic heterocycles. The quantitative estimate of drug-likeness (QED) is 0.711. The number of sulfone groups is 1. The fourth-order valence-corrected chi connectivity index (χ4v) is 6.35. The lowest BCUT2D eigenvalue weighted by Gasteiger charge is -2.38. The molecule has 3 rings (SSSR count). The van der Waals surface area contributed by atoms with Gasteiger partial charge in [0.2, 0.25) is 0 Å². The molecule has 1 aromatic rings. The fraction of sp³-hybridized carbons (Fsp3) is 0.667. The molecule has 1 aromatic heterocycles. The van der Waals surface area contributed by atoms with E-state index < -0.39 is 15.8 Å². The first kappa shape index (κ1) is 19.4. The van der Waals surface area contributed by atoms with Crippen molar-refractivity contribution in [3.8, 4) is 0 Å². The van der Waals surface area contributed by atoms with Gasteiger partial charge in [-0.2, -0.15) is 0 Å². The first-order valence-corrected chi connectivity index (χ1v) is 11.7. The highest BCUT2D eigenvalue weighted by molar-refractivity contribution is 7.91. The minimum atomic E-state index is -3.08. The topological polar surface area (TPSA) is 80.8 Å². The predicted molar refractivity (Wildman–Crippen MR) is 100 cm³/mol. The summed E-state index contributed by atoms with van der Waals surface area (Å²) < 4.78 is 29.0. The Balaban J connectivity index is 1.67. The van der Waals surface area contributed by atoms with Gasteiger partial charge in [-0.1, -0.05) is 19.3 Å². The highest BCUT2D eigenvalue weighted by Gasteiger charge is 2.38. The van der Waals surface area contributed by atoms with Crippen LogP contribution in [0.1, 0.15) is 53.1 Å². The van der Waals surface area contributed by atoms with Gasteiger partial charge in [-0.25, -0.2) is 13.2 Å². The molecule has 0 bridgehead atoms. The van der Waals surface area contributed by atoms with E-state index in [1.54, 1.807) is 11.0 Å². The Morgan fingerprint density at radius 2 is 1.88 bits per heavy atom. The smallest absolute Gasteiger partial charge is 0.348 e. The predicted octanol–water partition coefficient (Wildman–Crippen LogP) is 2.56. The van der Waals surface area contributed by atoms with Gasteiger partial charge in [0.25, 0.3) is 5.91 Å². The van der Waals surface area contributed by atoms with E-state index in [1.807, 2.05) is 13.0 Å². The van der Waals surface area contributed by atoms with Gasteiger partial charge < -0.3 is 9.64 Å². The average molecular weight is 400 g/mol. The second-order valence-corrected chi connectivity index (χ2v) is 10.7. The molecule has 1 unspecified atom stereocenters. The summed E-state index contributed by atoms with van der Waals surface area (Å²) in [5, 5.41) is 0. The maximum absolute atomic E-state index is 12.8. The third-order valence-corrected chi connectivity index (χ3v) is 7.86. The van der Waals surface area contributed by atoms with Crippen LogP contribution in [0.5, 0.6) is 0 Å². The largest absolute Gasteiger partial charge is 0.451 e. The standard InChI is InChI=1S/C18H25NO5S2/c1-13-7-8-16(25-13)18(21)24-11-17(20)19(14-5-3-2-4-6-14)15-9-10-26(22,23)12-15/h7-8,14-15H,2-6,9-12H2,1H3. The second-order valence-electron chi connectivity index (χ2n) is 7.14. The summed E-state index contributed by atoms with van der Waals surface area (Å²) >= 11 is 1.33. The molecule has 1 saturated heterocycles. The van der Waals surface area contributed by atoms with Crippen molar-refractivity contribution in [2.75, 3.05) is 18.1 Å². The summed E-state index contributed by atoms with van der Waals surface area (Å²) in [6.07, 6.45) is 5.49. The first-order chi connectivity index (χ1) is 12.4. The maximum atomic E-state index is 12.8. The van der Waals surface area contributed by atoms with Crippen molar-refractivity contribution < 1.29 is 22.7 Å². The molecule has 144 valence electrons. The molecule has 2 heterocycles. The van der Waals surface area contributed by atoms with Crippen LogP contribution in [0.4, 0.5) is 0 Å². The summed E-state index contributed by atoms with van der Waals surface area (Å²) in [5.41, 5.74) is 0. The number of nitrogens with zero attached hydrogens (tertiary/aromatic N) is 1. The molecule has 0 spiro atoms. The molecular weight excluding hydrogens is 374 g/mol. The van der Waals surface area contributed by atoms with Crippen molar-refractivity contribution in [3.63, 3.8) is 0 Å². The third kappa shape index (κ3) is 4.65. The molecule has 26 heavy (non-hydrogen) atoms.